The summed E-state index contributed by atoms with van der Waals surface area (Å²) in [4.78, 5) is 23.3. The molecule has 2 aromatic rings. The summed E-state index contributed by atoms with van der Waals surface area (Å²) in [5.74, 6) is -1.23. The molecule has 1 aliphatic heterocycles. The molecule has 0 atom stereocenters. The third-order valence-corrected chi connectivity index (χ3v) is 5.58. The smallest absolute Gasteiger partial charge is 0.290 e. The van der Waals surface area contributed by atoms with Crippen molar-refractivity contribution in [2.75, 3.05) is 43.4 Å². The van der Waals surface area contributed by atoms with Crippen LogP contribution in [-0.4, -0.2) is 61.1 Å². The standard InChI is InChI=1S/C12H13ClFN3OS.C8H10ClN.CH2O2/c13-9-6-11(10(14)5-8(9)12(15)18)17-3-1-16(7-19)2-4-17;1-6-3-4-7(10-2)5-8(6)9;2-1-3/h5-7H,1-4H2,(H2,15,18);3-5,10H,1-2H3;1H,(H,2,3). The molecule has 2 aromatic carbocycles. The van der Waals surface area contributed by atoms with Gasteiger partial charge in [0, 0.05) is 43.9 Å². The number of hydrogen-bond donors (Lipinski definition) is 3. The van der Waals surface area contributed by atoms with Crippen LogP contribution in [0, 0.1) is 12.7 Å². The fraction of sp³-hybridized carbons (Fsp3) is 0.286. The Kier molecular flexibility index (Phi) is 11.8. The Labute approximate surface area is 201 Å². The summed E-state index contributed by atoms with van der Waals surface area (Å²) in [5, 5.41) is 10.9. The van der Waals surface area contributed by atoms with Crippen molar-refractivity contribution in [3.63, 3.8) is 0 Å². The first-order valence-electron chi connectivity index (χ1n) is 9.43. The fourth-order valence-corrected chi connectivity index (χ4v) is 3.43. The van der Waals surface area contributed by atoms with Gasteiger partial charge in [-0.25, -0.2) is 4.39 Å². The van der Waals surface area contributed by atoms with Gasteiger partial charge in [-0.05, 0) is 36.8 Å². The normalized spacial score (nSPS) is 12.5. The third kappa shape index (κ3) is 8.14. The van der Waals surface area contributed by atoms with E-state index in [0.29, 0.717) is 18.8 Å². The molecule has 0 saturated carbocycles. The summed E-state index contributed by atoms with van der Waals surface area (Å²) in [5.41, 5.74) is 9.28. The first-order chi connectivity index (χ1) is 15.2. The highest BCUT2D eigenvalue weighted by Crippen LogP contribution is 2.28. The minimum absolute atomic E-state index is 0.000411. The lowest BCUT2D eigenvalue weighted by atomic mass is 10.1. The van der Waals surface area contributed by atoms with Crippen molar-refractivity contribution in [1.82, 2.24) is 4.90 Å². The number of primary amides is 1. The zero-order chi connectivity index (χ0) is 24.3. The maximum absolute atomic E-state index is 14.0. The van der Waals surface area contributed by atoms with Crippen molar-refractivity contribution in [2.45, 2.75) is 6.92 Å². The van der Waals surface area contributed by atoms with Gasteiger partial charge in [-0.15, -0.1) is 0 Å². The van der Waals surface area contributed by atoms with Gasteiger partial charge in [0.2, 0.25) is 5.91 Å². The highest BCUT2D eigenvalue weighted by Gasteiger charge is 2.20. The summed E-state index contributed by atoms with van der Waals surface area (Å²) in [6.07, 6.45) is 0. The van der Waals surface area contributed by atoms with Gasteiger partial charge in [0.25, 0.3) is 6.47 Å². The molecule has 174 valence electrons. The molecule has 1 aliphatic rings. The molecule has 0 radical (unpaired) electrons. The van der Waals surface area contributed by atoms with Gasteiger partial charge in [0.05, 0.1) is 21.8 Å². The zero-order valence-electron chi connectivity index (χ0n) is 17.6. The molecule has 0 spiro atoms. The topological polar surface area (TPSA) is 98.9 Å². The van der Waals surface area contributed by atoms with E-state index in [1.165, 1.54) is 6.07 Å². The number of carboxylic acid groups (broad SMARTS) is 1. The Balaban J connectivity index is 0.000000330. The lowest BCUT2D eigenvalue weighted by Gasteiger charge is -2.35. The SMILES string of the molecule is CNc1ccc(C)c(Cl)c1.NC(=O)c1cc(F)c(N2CCN(C=S)CC2)cc1Cl.O=CO. The first kappa shape index (κ1) is 27.4. The molecule has 0 unspecified atom stereocenters. The van der Waals surface area contributed by atoms with Crippen LogP contribution in [0.2, 0.25) is 10.0 Å². The van der Waals surface area contributed by atoms with Gasteiger partial charge in [0.1, 0.15) is 5.82 Å². The van der Waals surface area contributed by atoms with E-state index in [2.05, 4.69) is 5.32 Å². The van der Waals surface area contributed by atoms with E-state index in [1.54, 1.807) is 5.49 Å². The number of benzene rings is 2. The minimum Gasteiger partial charge on any atom is -0.483 e. The van der Waals surface area contributed by atoms with E-state index in [1.807, 2.05) is 42.0 Å². The fourth-order valence-electron chi connectivity index (χ4n) is 2.78. The number of carbonyl (C=O) groups excluding carboxylic acids is 1. The molecule has 0 aliphatic carbocycles. The highest BCUT2D eigenvalue weighted by atomic mass is 35.5. The van der Waals surface area contributed by atoms with E-state index in [4.69, 9.17) is 51.1 Å². The van der Waals surface area contributed by atoms with Gasteiger partial charge in [-0.3, -0.25) is 9.59 Å². The van der Waals surface area contributed by atoms with Crippen LogP contribution in [0.15, 0.2) is 30.3 Å². The summed E-state index contributed by atoms with van der Waals surface area (Å²) in [7, 11) is 1.88. The van der Waals surface area contributed by atoms with E-state index in [0.717, 1.165) is 35.4 Å². The number of nitrogens with zero attached hydrogens (tertiary/aromatic N) is 2. The molecule has 0 aromatic heterocycles. The molecule has 32 heavy (non-hydrogen) atoms. The maximum Gasteiger partial charge on any atom is 0.290 e. The number of hydrogen-bond acceptors (Lipinski definition) is 5. The second-order valence-corrected chi connectivity index (χ2v) is 7.62. The number of halogens is 3. The quantitative estimate of drug-likeness (QED) is 0.428. The van der Waals surface area contributed by atoms with Crippen LogP contribution >= 0.6 is 35.4 Å². The van der Waals surface area contributed by atoms with E-state index in [-0.39, 0.29) is 17.1 Å². The van der Waals surface area contributed by atoms with E-state index in [9.17, 15) is 9.18 Å². The van der Waals surface area contributed by atoms with Crippen molar-refractivity contribution >= 4 is 64.7 Å². The molecular formula is C21H25Cl2FN4O3S. The van der Waals surface area contributed by atoms with Crippen LogP contribution in [-0.2, 0) is 4.79 Å². The minimum atomic E-state index is -0.735. The lowest BCUT2D eigenvalue weighted by Crippen LogP contribution is -2.45. The molecule has 7 nitrogen and oxygen atoms in total. The summed E-state index contributed by atoms with van der Waals surface area (Å²) in [6.45, 7) is 4.50. The molecular weight excluding hydrogens is 478 g/mol. The predicted octanol–water partition coefficient (Wildman–Crippen LogP) is 4.05. The average molecular weight is 503 g/mol. The second-order valence-electron chi connectivity index (χ2n) is 6.60. The number of aryl methyl sites for hydroxylation is 1. The van der Waals surface area contributed by atoms with Crippen molar-refractivity contribution in [3.8, 4) is 0 Å². The van der Waals surface area contributed by atoms with Crippen molar-refractivity contribution in [3.05, 3.63) is 57.3 Å². The second kappa shape index (κ2) is 13.7. The van der Waals surface area contributed by atoms with Crippen molar-refractivity contribution in [1.29, 1.82) is 0 Å². The van der Waals surface area contributed by atoms with Gasteiger partial charge in [-0.1, -0.05) is 41.5 Å². The molecule has 3 rings (SSSR count). The van der Waals surface area contributed by atoms with Gasteiger partial charge >= 0.3 is 0 Å². The molecule has 11 heteroatoms. The number of carbonyl (C=O) groups is 2. The van der Waals surface area contributed by atoms with E-state index < -0.39 is 11.7 Å². The largest absolute Gasteiger partial charge is 0.483 e. The van der Waals surface area contributed by atoms with Crippen LogP contribution in [0.25, 0.3) is 0 Å². The number of amides is 1. The van der Waals surface area contributed by atoms with Crippen LogP contribution < -0.4 is 16.0 Å². The molecule has 1 heterocycles. The Morgan fingerprint density at radius 1 is 1.19 bits per heavy atom. The molecule has 1 saturated heterocycles. The van der Waals surface area contributed by atoms with Gasteiger partial charge in [0.15, 0.2) is 0 Å². The number of anilines is 2. The molecule has 1 fully saturated rings. The Morgan fingerprint density at radius 2 is 1.78 bits per heavy atom. The molecule has 0 bridgehead atoms. The maximum atomic E-state index is 14.0. The zero-order valence-corrected chi connectivity index (χ0v) is 20.0. The van der Waals surface area contributed by atoms with Gasteiger partial charge < -0.3 is 26.0 Å². The monoisotopic (exact) mass is 502 g/mol. The number of rotatable bonds is 4. The van der Waals surface area contributed by atoms with Crippen molar-refractivity contribution in [2.24, 2.45) is 5.73 Å². The molecule has 4 N–H and O–H groups in total. The first-order valence-corrected chi connectivity index (χ1v) is 10.7. The summed E-state index contributed by atoms with van der Waals surface area (Å²) in [6, 6.07) is 8.45. The van der Waals surface area contributed by atoms with Crippen molar-refractivity contribution < 1.29 is 19.1 Å². The number of piperazine rings is 1. The van der Waals surface area contributed by atoms with Crippen LogP contribution in [0.3, 0.4) is 0 Å². The number of nitrogens with two attached hydrogens (primary N) is 1. The van der Waals surface area contributed by atoms with Gasteiger partial charge in [-0.2, -0.15) is 0 Å². The van der Waals surface area contributed by atoms with Crippen LogP contribution in [0.5, 0.6) is 0 Å². The molecule has 1 amide bonds. The Hall–Kier alpha value is -2.62. The third-order valence-electron chi connectivity index (χ3n) is 4.57. The number of nitrogens with one attached hydrogen (secondary N) is 1. The Morgan fingerprint density at radius 3 is 2.25 bits per heavy atom. The lowest BCUT2D eigenvalue weighted by molar-refractivity contribution is -0.122. The van der Waals surface area contributed by atoms with Crippen LogP contribution in [0.1, 0.15) is 15.9 Å². The number of thiocarbonyl (C=S) groups is 1. The Bertz CT molecular complexity index is 942. The van der Waals surface area contributed by atoms with Crippen LogP contribution in [0.4, 0.5) is 15.8 Å². The average Bonchev–Trinajstić information content (AvgIpc) is 2.78. The highest BCUT2D eigenvalue weighted by molar-refractivity contribution is 7.78. The van der Waals surface area contributed by atoms with E-state index >= 15 is 0 Å². The predicted molar refractivity (Wildman–Crippen MR) is 132 cm³/mol. The summed E-state index contributed by atoms with van der Waals surface area (Å²) >= 11 is 16.7. The summed E-state index contributed by atoms with van der Waals surface area (Å²) < 4.78 is 14.0.